The third kappa shape index (κ3) is 5.55. The zero-order chi connectivity index (χ0) is 21.8. The van der Waals surface area contributed by atoms with Crippen molar-refractivity contribution in [3.8, 4) is 0 Å². The van der Waals surface area contributed by atoms with Crippen LogP contribution >= 0.6 is 0 Å². The van der Waals surface area contributed by atoms with Gasteiger partial charge in [-0.15, -0.1) is 0 Å². The summed E-state index contributed by atoms with van der Waals surface area (Å²) >= 11 is 0. The summed E-state index contributed by atoms with van der Waals surface area (Å²) in [6.45, 7) is 4.92. The van der Waals surface area contributed by atoms with Crippen molar-refractivity contribution in [2.75, 3.05) is 45.9 Å². The van der Waals surface area contributed by atoms with Gasteiger partial charge in [-0.25, -0.2) is 0 Å². The average Bonchev–Trinajstić information content (AvgIpc) is 3.43. The van der Waals surface area contributed by atoms with Gasteiger partial charge >= 0.3 is 0 Å². The number of ether oxygens (including phenoxy) is 2. The number of rotatable bonds is 6. The van der Waals surface area contributed by atoms with Gasteiger partial charge in [0.25, 0.3) is 0 Å². The smallest absolute Gasteiger partial charge is 0.249 e. The first-order chi connectivity index (χ1) is 15.0. The summed E-state index contributed by atoms with van der Waals surface area (Å²) in [7, 11) is 0. The van der Waals surface area contributed by atoms with Crippen molar-refractivity contribution >= 4 is 11.8 Å². The van der Waals surface area contributed by atoms with Crippen molar-refractivity contribution in [3.63, 3.8) is 0 Å². The minimum Gasteiger partial charge on any atom is -0.388 e. The number of aliphatic hydroxyl groups excluding tert-OH is 2. The number of piperidine rings is 1. The number of hydrogen-bond acceptors (Lipinski definition) is 7. The van der Waals surface area contributed by atoms with Crippen molar-refractivity contribution in [2.24, 2.45) is 0 Å². The van der Waals surface area contributed by atoms with E-state index < -0.39 is 30.5 Å². The highest BCUT2D eigenvalue weighted by molar-refractivity contribution is 5.81. The van der Waals surface area contributed by atoms with Gasteiger partial charge in [0.1, 0.15) is 30.6 Å². The Labute approximate surface area is 183 Å². The maximum atomic E-state index is 12.8. The molecule has 4 saturated heterocycles. The number of amides is 2. The van der Waals surface area contributed by atoms with E-state index in [1.165, 1.54) is 25.8 Å². The predicted octanol–water partition coefficient (Wildman–Crippen LogP) is -2.62. The van der Waals surface area contributed by atoms with Crippen LogP contribution in [0.5, 0.6) is 0 Å². The second-order valence-corrected chi connectivity index (χ2v) is 9.15. The van der Waals surface area contributed by atoms with E-state index in [-0.39, 0.29) is 24.8 Å². The van der Waals surface area contributed by atoms with Gasteiger partial charge in [-0.1, -0.05) is 0 Å². The van der Waals surface area contributed by atoms with Crippen LogP contribution in [0.25, 0.3) is 0 Å². The zero-order valence-corrected chi connectivity index (χ0v) is 18.2. The van der Waals surface area contributed by atoms with E-state index >= 15 is 0 Å². The largest absolute Gasteiger partial charge is 0.388 e. The van der Waals surface area contributed by atoms with E-state index in [1.807, 2.05) is 4.90 Å². The molecule has 10 nitrogen and oxygen atoms in total. The van der Waals surface area contributed by atoms with E-state index in [9.17, 15) is 19.8 Å². The van der Waals surface area contributed by atoms with Gasteiger partial charge < -0.3 is 35.2 Å². The molecule has 0 saturated carbocycles. The summed E-state index contributed by atoms with van der Waals surface area (Å²) in [6.07, 6.45) is 1.63. The molecular formula is C21H37N4O6+. The molecule has 6 unspecified atom stereocenters. The second-order valence-electron chi connectivity index (χ2n) is 9.15. The lowest BCUT2D eigenvalue weighted by Gasteiger charge is -2.39. The molecule has 4 heterocycles. The average molecular weight is 442 g/mol. The van der Waals surface area contributed by atoms with Gasteiger partial charge in [-0.05, 0) is 25.7 Å². The highest BCUT2D eigenvalue weighted by Gasteiger charge is 2.44. The Kier molecular flexibility index (Phi) is 7.78. The Hall–Kier alpha value is -1.30. The first-order valence-corrected chi connectivity index (χ1v) is 11.8. The number of nitrogens with one attached hydrogen (secondary N) is 1. The Morgan fingerprint density at radius 3 is 2.45 bits per heavy atom. The molecule has 0 aromatic carbocycles. The lowest BCUT2D eigenvalue weighted by molar-refractivity contribution is -0.717. The normalized spacial score (nSPS) is 37.2. The quantitative estimate of drug-likeness (QED) is 0.355. The third-order valence-corrected chi connectivity index (χ3v) is 7.07. The third-order valence-electron chi connectivity index (χ3n) is 7.07. The SMILES string of the molecule is O=C(NCC1OC(CC(=O)N2CCN(C3CCCC[NH2+]3)CC2)C(O)C1O)C1CCCO1. The Bertz CT molecular complexity index is 617. The molecule has 0 bridgehead atoms. The molecule has 10 heteroatoms. The van der Waals surface area contributed by atoms with E-state index in [2.05, 4.69) is 15.5 Å². The van der Waals surface area contributed by atoms with Crippen LogP contribution in [0.15, 0.2) is 0 Å². The van der Waals surface area contributed by atoms with Crippen LogP contribution < -0.4 is 10.6 Å². The fraction of sp³-hybridized carbons (Fsp3) is 0.905. The van der Waals surface area contributed by atoms with Gasteiger partial charge in [0, 0.05) is 45.8 Å². The summed E-state index contributed by atoms with van der Waals surface area (Å²) in [6, 6.07) is 0. The van der Waals surface area contributed by atoms with Crippen molar-refractivity contribution in [2.45, 2.75) is 75.2 Å². The van der Waals surface area contributed by atoms with Crippen LogP contribution in [0.3, 0.4) is 0 Å². The summed E-state index contributed by atoms with van der Waals surface area (Å²) in [5.41, 5.74) is 0. The van der Waals surface area contributed by atoms with Gasteiger partial charge in [-0.2, -0.15) is 0 Å². The molecule has 5 N–H and O–H groups in total. The summed E-state index contributed by atoms with van der Waals surface area (Å²) < 4.78 is 11.1. The van der Waals surface area contributed by atoms with Gasteiger partial charge in [0.05, 0.1) is 19.1 Å². The molecule has 0 aromatic heterocycles. The lowest BCUT2D eigenvalue weighted by atomic mass is 10.0. The van der Waals surface area contributed by atoms with Crippen molar-refractivity contribution < 1.29 is 34.6 Å². The summed E-state index contributed by atoms with van der Waals surface area (Å²) in [5, 5.41) is 25.8. The number of piperazine rings is 1. The standard InChI is InChI=1S/C21H36N4O6/c26-18(25-9-7-24(8-10-25)17-5-1-2-6-22-17)12-15-19(27)20(28)16(31-15)13-23-21(29)14-4-3-11-30-14/h14-17,19-20,22,27-28H,1-13H2,(H,23,29)/p+1. The molecule has 0 aromatic rings. The topological polar surface area (TPSA) is 128 Å². The van der Waals surface area contributed by atoms with E-state index in [1.54, 1.807) is 0 Å². The number of carbonyl (C=O) groups is 2. The molecule has 4 aliphatic heterocycles. The lowest BCUT2D eigenvalue weighted by Crippen LogP contribution is -2.95. The molecule has 0 aliphatic carbocycles. The Balaban J connectivity index is 1.20. The van der Waals surface area contributed by atoms with Gasteiger partial charge in [0.2, 0.25) is 11.8 Å². The van der Waals surface area contributed by atoms with Crippen molar-refractivity contribution in [1.29, 1.82) is 0 Å². The molecule has 4 fully saturated rings. The van der Waals surface area contributed by atoms with Crippen LogP contribution in [0.2, 0.25) is 0 Å². The highest BCUT2D eigenvalue weighted by Crippen LogP contribution is 2.24. The van der Waals surface area contributed by atoms with Gasteiger partial charge in [0.15, 0.2) is 0 Å². The zero-order valence-electron chi connectivity index (χ0n) is 18.2. The van der Waals surface area contributed by atoms with E-state index in [4.69, 9.17) is 9.47 Å². The van der Waals surface area contributed by atoms with E-state index in [0.717, 1.165) is 19.5 Å². The monoisotopic (exact) mass is 441 g/mol. The first-order valence-electron chi connectivity index (χ1n) is 11.8. The molecule has 176 valence electrons. The van der Waals surface area contributed by atoms with Crippen molar-refractivity contribution in [3.05, 3.63) is 0 Å². The molecule has 4 aliphatic rings. The van der Waals surface area contributed by atoms with Gasteiger partial charge in [-0.3, -0.25) is 14.5 Å². The molecule has 0 spiro atoms. The molecule has 6 atom stereocenters. The molecule has 0 radical (unpaired) electrons. The number of aliphatic hydroxyl groups is 2. The molecule has 31 heavy (non-hydrogen) atoms. The highest BCUT2D eigenvalue weighted by atomic mass is 16.5. The number of nitrogens with two attached hydrogens (primary N) is 1. The number of nitrogens with zero attached hydrogens (tertiary/aromatic N) is 2. The maximum Gasteiger partial charge on any atom is 0.249 e. The van der Waals surface area contributed by atoms with Crippen molar-refractivity contribution in [1.82, 2.24) is 15.1 Å². The number of quaternary nitrogens is 1. The second kappa shape index (κ2) is 10.5. The van der Waals surface area contributed by atoms with Crippen LogP contribution in [0.1, 0.15) is 38.5 Å². The van der Waals surface area contributed by atoms with Crippen LogP contribution in [0.4, 0.5) is 0 Å². The Morgan fingerprint density at radius 2 is 1.77 bits per heavy atom. The maximum absolute atomic E-state index is 12.8. The van der Waals surface area contributed by atoms with E-state index in [0.29, 0.717) is 32.3 Å². The van der Waals surface area contributed by atoms with Crippen LogP contribution in [-0.4, -0.2) is 114 Å². The first kappa shape index (κ1) is 22.9. The van der Waals surface area contributed by atoms with Crippen LogP contribution in [-0.2, 0) is 19.1 Å². The minimum absolute atomic E-state index is 0.0317. The van der Waals surface area contributed by atoms with Crippen LogP contribution in [0, 0.1) is 0 Å². The number of carbonyl (C=O) groups excluding carboxylic acids is 2. The fourth-order valence-corrected chi connectivity index (χ4v) is 5.12. The molecule has 4 rings (SSSR count). The summed E-state index contributed by atoms with van der Waals surface area (Å²) in [4.78, 5) is 29.2. The Morgan fingerprint density at radius 1 is 1.00 bits per heavy atom. The number of hydrogen-bond donors (Lipinski definition) is 4. The molecular weight excluding hydrogens is 404 g/mol. The molecule has 2 amide bonds. The summed E-state index contributed by atoms with van der Waals surface area (Å²) in [5.74, 6) is -0.289. The minimum atomic E-state index is -1.15. The fourth-order valence-electron chi connectivity index (χ4n) is 5.12. The predicted molar refractivity (Wildman–Crippen MR) is 110 cm³/mol.